The first-order valence-electron chi connectivity index (χ1n) is 11.0. The molecule has 4 nitrogen and oxygen atoms in total. The molecule has 0 saturated carbocycles. The molecule has 0 fully saturated rings. The maximum absolute atomic E-state index is 14.7. The molecule has 0 radical (unpaired) electrons. The molecule has 1 N–H and O–H groups in total. The van der Waals surface area contributed by atoms with Crippen molar-refractivity contribution in [3.05, 3.63) is 87.2 Å². The molecule has 0 spiro atoms. The Morgan fingerprint density at radius 2 is 1.79 bits per heavy atom. The van der Waals surface area contributed by atoms with Gasteiger partial charge in [0.2, 0.25) is 0 Å². The van der Waals surface area contributed by atoms with Gasteiger partial charge >= 0.3 is 5.69 Å². The molecule has 1 aromatic heterocycles. The van der Waals surface area contributed by atoms with E-state index in [9.17, 15) is 14.3 Å². The van der Waals surface area contributed by atoms with Crippen molar-refractivity contribution in [3.8, 4) is 22.6 Å². The number of rotatable bonds is 5. The zero-order chi connectivity index (χ0) is 23.9. The Balaban J connectivity index is 2.15. The predicted molar refractivity (Wildman–Crippen MR) is 132 cm³/mol. The molecule has 0 amide bonds. The van der Waals surface area contributed by atoms with E-state index in [1.807, 2.05) is 24.3 Å². The number of aromatic hydroxyl groups is 1. The number of nitrogens with zero attached hydrogens (tertiary/aromatic N) is 2. The van der Waals surface area contributed by atoms with Crippen molar-refractivity contribution in [2.24, 2.45) is 5.92 Å². The van der Waals surface area contributed by atoms with E-state index in [4.69, 9.17) is 11.6 Å². The van der Waals surface area contributed by atoms with Gasteiger partial charge in [-0.05, 0) is 54.2 Å². The highest BCUT2D eigenvalue weighted by Crippen LogP contribution is 2.39. The van der Waals surface area contributed by atoms with Gasteiger partial charge in [-0.2, -0.15) is 4.98 Å². The van der Waals surface area contributed by atoms with Gasteiger partial charge in [-0.25, -0.2) is 9.18 Å². The molecular weight excluding hydrogens is 439 g/mol. The number of aromatic nitrogens is 2. The summed E-state index contributed by atoms with van der Waals surface area (Å²) in [5.74, 6) is -0.373. The summed E-state index contributed by atoms with van der Waals surface area (Å²) in [6, 6.07) is 15.2. The van der Waals surface area contributed by atoms with Crippen LogP contribution in [-0.2, 0) is 6.42 Å². The predicted octanol–water partition coefficient (Wildman–Crippen LogP) is 6.87. The van der Waals surface area contributed by atoms with Gasteiger partial charge in [0.15, 0.2) is 0 Å². The molecular formula is C27H26ClFN2O2. The van der Waals surface area contributed by atoms with Gasteiger partial charge in [0.05, 0.1) is 22.5 Å². The molecule has 3 aromatic carbocycles. The van der Waals surface area contributed by atoms with E-state index in [-0.39, 0.29) is 28.2 Å². The summed E-state index contributed by atoms with van der Waals surface area (Å²) >= 11 is 6.62. The fraction of sp³-hybridized carbons (Fsp3) is 0.259. The van der Waals surface area contributed by atoms with E-state index in [0.717, 1.165) is 16.6 Å². The van der Waals surface area contributed by atoms with Crippen molar-refractivity contribution in [3.63, 3.8) is 0 Å². The second-order valence-electron chi connectivity index (χ2n) is 8.97. The Morgan fingerprint density at radius 3 is 2.45 bits per heavy atom. The number of phenolic OH excluding ortho intramolecular Hbond substituents is 1. The maximum atomic E-state index is 14.7. The lowest BCUT2D eigenvalue weighted by Crippen LogP contribution is -2.25. The lowest BCUT2D eigenvalue weighted by molar-refractivity contribution is 0.472. The molecule has 170 valence electrons. The zero-order valence-corrected chi connectivity index (χ0v) is 19.8. The Hall–Kier alpha value is -3.18. The summed E-state index contributed by atoms with van der Waals surface area (Å²) in [4.78, 5) is 17.8. The number of phenols is 1. The van der Waals surface area contributed by atoms with E-state index in [1.165, 1.54) is 18.2 Å². The monoisotopic (exact) mass is 464 g/mol. The van der Waals surface area contributed by atoms with Crippen LogP contribution in [0.3, 0.4) is 0 Å². The topological polar surface area (TPSA) is 55.1 Å². The van der Waals surface area contributed by atoms with Gasteiger partial charge in [-0.3, -0.25) is 4.57 Å². The Bertz CT molecular complexity index is 1390. The molecule has 0 aliphatic carbocycles. The van der Waals surface area contributed by atoms with E-state index in [2.05, 4.69) is 32.7 Å². The van der Waals surface area contributed by atoms with Crippen LogP contribution in [0.1, 0.15) is 44.9 Å². The highest BCUT2D eigenvalue weighted by Gasteiger charge is 2.21. The number of para-hydroxylation sites is 1. The fourth-order valence-electron chi connectivity index (χ4n) is 4.23. The van der Waals surface area contributed by atoms with Gasteiger partial charge in [0.1, 0.15) is 11.6 Å². The Kier molecular flexibility index (Phi) is 6.26. The van der Waals surface area contributed by atoms with Gasteiger partial charge in [-0.1, -0.05) is 63.6 Å². The van der Waals surface area contributed by atoms with Crippen LogP contribution in [0.15, 0.2) is 59.4 Å². The van der Waals surface area contributed by atoms with Crippen molar-refractivity contribution in [2.75, 3.05) is 0 Å². The summed E-state index contributed by atoms with van der Waals surface area (Å²) in [6.45, 7) is 8.24. The van der Waals surface area contributed by atoms with Gasteiger partial charge < -0.3 is 5.11 Å². The molecule has 0 aliphatic rings. The SMILES string of the molecule is CC(C)Cc1nc(=O)n(-c2ccccc2C(C)C)c2cc(-c3c(O)cccc3F)c(Cl)cc12. The summed E-state index contributed by atoms with van der Waals surface area (Å²) in [5.41, 5.74) is 2.84. The van der Waals surface area contributed by atoms with Crippen LogP contribution < -0.4 is 5.69 Å². The van der Waals surface area contributed by atoms with Crippen molar-refractivity contribution in [1.82, 2.24) is 9.55 Å². The normalized spacial score (nSPS) is 11.6. The van der Waals surface area contributed by atoms with Gasteiger partial charge in [-0.15, -0.1) is 0 Å². The van der Waals surface area contributed by atoms with Gasteiger partial charge in [0.25, 0.3) is 0 Å². The third-order valence-electron chi connectivity index (χ3n) is 5.72. The molecule has 0 saturated heterocycles. The van der Waals surface area contributed by atoms with E-state index >= 15 is 0 Å². The molecule has 6 heteroatoms. The van der Waals surface area contributed by atoms with Crippen LogP contribution in [-0.4, -0.2) is 14.7 Å². The molecule has 4 rings (SSSR count). The summed E-state index contributed by atoms with van der Waals surface area (Å²) in [6.07, 6.45) is 0.596. The van der Waals surface area contributed by atoms with Crippen LogP contribution >= 0.6 is 11.6 Å². The minimum absolute atomic E-state index is 0.00256. The molecule has 0 aliphatic heterocycles. The standard InChI is InChI=1S/C27H26ClFN2O2/c1-15(2)12-22-19-13-20(28)18(26-21(29)9-7-11-25(26)32)14-24(19)31(27(33)30-22)23-10-6-5-8-17(23)16(3)4/h5-11,13-16,32H,12H2,1-4H3. The van der Waals surface area contributed by atoms with E-state index in [1.54, 1.807) is 16.7 Å². The van der Waals surface area contributed by atoms with Crippen LogP contribution in [0.2, 0.25) is 5.02 Å². The maximum Gasteiger partial charge on any atom is 0.352 e. The number of fused-ring (bicyclic) bond motifs is 1. The quantitative estimate of drug-likeness (QED) is 0.350. The average molecular weight is 465 g/mol. The third-order valence-corrected chi connectivity index (χ3v) is 6.03. The number of benzene rings is 3. The van der Waals surface area contributed by atoms with Crippen molar-refractivity contribution >= 4 is 22.5 Å². The zero-order valence-electron chi connectivity index (χ0n) is 19.1. The van der Waals surface area contributed by atoms with Crippen molar-refractivity contribution in [2.45, 2.75) is 40.0 Å². The largest absolute Gasteiger partial charge is 0.507 e. The smallest absolute Gasteiger partial charge is 0.352 e. The summed E-state index contributed by atoms with van der Waals surface area (Å²) < 4.78 is 16.3. The van der Waals surface area contributed by atoms with Gasteiger partial charge in [0, 0.05) is 16.0 Å². The first-order chi connectivity index (χ1) is 15.7. The first-order valence-corrected chi connectivity index (χ1v) is 11.4. The lowest BCUT2D eigenvalue weighted by Gasteiger charge is -2.19. The lowest BCUT2D eigenvalue weighted by atomic mass is 9.97. The average Bonchev–Trinajstić information content (AvgIpc) is 2.74. The number of halogens is 2. The third kappa shape index (κ3) is 4.25. The van der Waals surface area contributed by atoms with Crippen LogP contribution in [0.4, 0.5) is 4.39 Å². The van der Waals surface area contributed by atoms with Crippen LogP contribution in [0, 0.1) is 11.7 Å². The molecule has 33 heavy (non-hydrogen) atoms. The second-order valence-corrected chi connectivity index (χ2v) is 9.38. The summed E-state index contributed by atoms with van der Waals surface area (Å²) in [5, 5.41) is 11.4. The highest BCUT2D eigenvalue weighted by atomic mass is 35.5. The molecule has 1 heterocycles. The van der Waals surface area contributed by atoms with Crippen LogP contribution in [0.5, 0.6) is 5.75 Å². The minimum atomic E-state index is -0.593. The summed E-state index contributed by atoms with van der Waals surface area (Å²) in [7, 11) is 0. The first kappa shape index (κ1) is 23.0. The minimum Gasteiger partial charge on any atom is -0.507 e. The Morgan fingerprint density at radius 1 is 1.06 bits per heavy atom. The molecule has 0 atom stereocenters. The van der Waals surface area contributed by atoms with Crippen LogP contribution in [0.25, 0.3) is 27.7 Å². The Labute approximate surface area is 197 Å². The van der Waals surface area contributed by atoms with Crippen molar-refractivity contribution in [1.29, 1.82) is 0 Å². The van der Waals surface area contributed by atoms with E-state index in [0.29, 0.717) is 23.2 Å². The second kappa shape index (κ2) is 8.99. The molecule has 0 bridgehead atoms. The number of hydrogen-bond acceptors (Lipinski definition) is 3. The fourth-order valence-corrected chi connectivity index (χ4v) is 4.49. The highest BCUT2D eigenvalue weighted by molar-refractivity contribution is 6.34. The molecule has 4 aromatic rings. The number of hydrogen-bond donors (Lipinski definition) is 1. The molecule has 0 unspecified atom stereocenters. The van der Waals surface area contributed by atoms with E-state index < -0.39 is 11.5 Å². The van der Waals surface area contributed by atoms with Crippen molar-refractivity contribution < 1.29 is 9.50 Å².